The van der Waals surface area contributed by atoms with Crippen molar-refractivity contribution in [3.8, 4) is 11.1 Å². The number of benzene rings is 5. The zero-order chi connectivity index (χ0) is 38.7. The summed E-state index contributed by atoms with van der Waals surface area (Å²) >= 11 is 3.51. The van der Waals surface area contributed by atoms with E-state index in [1.807, 2.05) is 98.8 Å². The number of anilines is 2. The predicted octanol–water partition coefficient (Wildman–Crippen LogP) is 8.54. The van der Waals surface area contributed by atoms with E-state index < -0.39 is 20.2 Å². The highest BCUT2D eigenvalue weighted by molar-refractivity contribution is 9.10. The lowest BCUT2D eigenvalue weighted by molar-refractivity contribution is -0.114. The minimum Gasteiger partial charge on any atom is -0.367 e. The van der Waals surface area contributed by atoms with E-state index >= 15 is 0 Å². The summed E-state index contributed by atoms with van der Waals surface area (Å²) < 4.78 is 62.7. The molecule has 0 radical (unpaired) electrons. The molecule has 0 aliphatic heterocycles. The second kappa shape index (κ2) is 18.4. The van der Waals surface area contributed by atoms with Crippen LogP contribution in [0.25, 0.3) is 21.9 Å². The van der Waals surface area contributed by atoms with Gasteiger partial charge in [-0.05, 0) is 77.1 Å². The number of halogens is 1. The van der Waals surface area contributed by atoms with E-state index in [2.05, 4.69) is 26.2 Å². The lowest BCUT2D eigenvalue weighted by Crippen LogP contribution is -2.32. The van der Waals surface area contributed by atoms with Crippen molar-refractivity contribution < 1.29 is 30.0 Å². The Morgan fingerprint density at radius 2 is 1.09 bits per heavy atom. The van der Waals surface area contributed by atoms with Crippen LogP contribution in [0.3, 0.4) is 0 Å². The molecule has 6 aromatic rings. The largest absolute Gasteiger partial charge is 0.367 e. The summed E-state index contributed by atoms with van der Waals surface area (Å²) in [5.74, 6) is 0.122. The Balaban J connectivity index is 0.000000850. The van der Waals surface area contributed by atoms with Gasteiger partial charge in [0.1, 0.15) is 10.4 Å². The topological polar surface area (TPSA) is 132 Å². The Labute approximate surface area is 325 Å². The van der Waals surface area contributed by atoms with Crippen LogP contribution in [0, 0.1) is 13.8 Å². The molecule has 0 saturated carbocycles. The Bertz CT molecular complexity index is 2290. The van der Waals surface area contributed by atoms with Gasteiger partial charge in [0.25, 0.3) is 20.2 Å². The maximum absolute atomic E-state index is 12.8. The summed E-state index contributed by atoms with van der Waals surface area (Å²) in [6, 6.07) is 39.8. The first-order valence-corrected chi connectivity index (χ1v) is 20.6. The van der Waals surface area contributed by atoms with Crippen LogP contribution in [0.5, 0.6) is 0 Å². The molecule has 0 aliphatic carbocycles. The molecule has 0 atom stereocenters. The first-order chi connectivity index (χ1) is 25.8. The number of nitrogens with zero attached hydrogens (tertiary/aromatic N) is 2. The Hall–Kier alpha value is -4.92. The molecule has 0 spiro atoms. The highest BCUT2D eigenvalue weighted by Gasteiger charge is 2.20. The fraction of sp³-hybridized carbons (Fsp3) is 0.171. The highest BCUT2D eigenvalue weighted by atomic mass is 79.9. The first kappa shape index (κ1) is 40.3. The normalized spacial score (nSPS) is 11.4. The molecule has 0 fully saturated rings. The minimum absolute atomic E-state index is 0.0434. The van der Waals surface area contributed by atoms with E-state index in [0.717, 1.165) is 33.0 Å². The van der Waals surface area contributed by atoms with Gasteiger partial charge in [0.15, 0.2) is 0 Å². The lowest BCUT2D eigenvalue weighted by atomic mass is 9.99. The van der Waals surface area contributed by atoms with E-state index in [-0.39, 0.29) is 42.0 Å². The van der Waals surface area contributed by atoms with Crippen LogP contribution in [-0.4, -0.2) is 54.0 Å². The van der Waals surface area contributed by atoms with E-state index in [0.29, 0.717) is 16.1 Å². The van der Waals surface area contributed by atoms with Crippen molar-refractivity contribution in [1.82, 2.24) is 4.98 Å². The van der Waals surface area contributed by atoms with Crippen molar-refractivity contribution in [3.05, 3.63) is 149 Å². The third kappa shape index (κ3) is 10.8. The van der Waals surface area contributed by atoms with Crippen LogP contribution < -0.4 is 10.2 Å². The smallest absolute Gasteiger partial charge is 0.297 e. The number of nitrogens with one attached hydrogen (secondary N) is 1. The van der Waals surface area contributed by atoms with E-state index in [9.17, 15) is 21.6 Å². The molecule has 5 aromatic carbocycles. The number of aryl methyl sites for hydroxylation is 2. The molecule has 6 rings (SSSR count). The molecular formula is C41H40BrN3O7S2. The average Bonchev–Trinajstić information content (AvgIpc) is 3.15. The zero-order valence-electron chi connectivity index (χ0n) is 30.0. The van der Waals surface area contributed by atoms with Crippen LogP contribution in [0.4, 0.5) is 11.5 Å². The van der Waals surface area contributed by atoms with Gasteiger partial charge in [0, 0.05) is 36.7 Å². The number of hydrogen-bond donors (Lipinski definition) is 1. The summed E-state index contributed by atoms with van der Waals surface area (Å²) in [5, 5.41) is 4.56. The molecule has 10 nitrogen and oxygen atoms in total. The molecule has 1 amide bonds. The second-order valence-corrected chi connectivity index (χ2v) is 16.2. The molecule has 0 bridgehead atoms. The summed E-state index contributed by atoms with van der Waals surface area (Å²) in [6.45, 7) is 4.96. The van der Waals surface area contributed by atoms with Crippen LogP contribution in [-0.2, 0) is 33.4 Å². The van der Waals surface area contributed by atoms with Gasteiger partial charge in [-0.25, -0.2) is 4.98 Å². The highest BCUT2D eigenvalue weighted by Crippen LogP contribution is 2.38. The van der Waals surface area contributed by atoms with Crippen LogP contribution in [0.2, 0.25) is 0 Å². The molecule has 0 aliphatic rings. The van der Waals surface area contributed by atoms with Gasteiger partial charge < -0.3 is 10.2 Å². The standard InChI is InChI=1S/C35H34BrN3O7S2.C6H6/c1-24-8-16-29(17-9-24)47(41,42)45-22-20-39(21-23-46-48(43,44)30-18-10-25(2)11-19-30)28-14-12-27(13-15-28)33-31-6-4-5-7-32(31)34(36)38-35(33)37-26(3)40;1-2-4-6-5-3-1/h4-19H,20-23H2,1-3H3,(H,37,38,40);1-6H. The van der Waals surface area contributed by atoms with Crippen LogP contribution in [0.15, 0.2) is 148 Å². The number of aromatic nitrogens is 1. The number of rotatable bonds is 13. The number of pyridine rings is 1. The fourth-order valence-corrected chi connectivity index (χ4v) is 7.75. The second-order valence-electron chi connectivity index (χ2n) is 12.2. The number of carbonyl (C=O) groups excluding carboxylic acids is 1. The SMILES string of the molecule is CC(=O)Nc1nc(Br)c2ccccc2c1-c1ccc(N(CCOS(=O)(=O)c2ccc(C)cc2)CCOS(=O)(=O)c2ccc(C)cc2)cc1.c1ccccc1. The molecule has 1 N–H and O–H groups in total. The third-order valence-corrected chi connectivity index (χ3v) is 11.4. The molecule has 13 heteroatoms. The third-order valence-electron chi connectivity index (χ3n) is 8.17. The average molecular weight is 831 g/mol. The fourth-order valence-electron chi connectivity index (χ4n) is 5.43. The van der Waals surface area contributed by atoms with Crippen molar-refractivity contribution in [2.45, 2.75) is 30.6 Å². The van der Waals surface area contributed by atoms with Gasteiger partial charge >= 0.3 is 0 Å². The quantitative estimate of drug-likeness (QED) is 0.0899. The summed E-state index contributed by atoms with van der Waals surface area (Å²) in [7, 11) is -8.04. The Kier molecular flexibility index (Phi) is 13.7. The van der Waals surface area contributed by atoms with Crippen molar-refractivity contribution >= 4 is 64.4 Å². The number of amides is 1. The molecule has 280 valence electrons. The molecule has 1 heterocycles. The predicted molar refractivity (Wildman–Crippen MR) is 216 cm³/mol. The number of fused-ring (bicyclic) bond motifs is 1. The van der Waals surface area contributed by atoms with E-state index in [1.54, 1.807) is 29.2 Å². The first-order valence-electron chi connectivity index (χ1n) is 17.0. The van der Waals surface area contributed by atoms with Gasteiger partial charge in [0.05, 0.1) is 23.0 Å². The molecule has 1 aromatic heterocycles. The minimum atomic E-state index is -4.02. The van der Waals surface area contributed by atoms with Gasteiger partial charge in [-0.15, -0.1) is 0 Å². The molecule has 0 unspecified atom stereocenters. The monoisotopic (exact) mass is 829 g/mol. The van der Waals surface area contributed by atoms with Crippen LogP contribution in [0.1, 0.15) is 18.1 Å². The Morgan fingerprint density at radius 3 is 1.54 bits per heavy atom. The number of carbonyl (C=O) groups is 1. The zero-order valence-corrected chi connectivity index (χ0v) is 33.2. The van der Waals surface area contributed by atoms with Gasteiger partial charge in [-0.2, -0.15) is 16.8 Å². The maximum atomic E-state index is 12.8. The van der Waals surface area contributed by atoms with E-state index in [4.69, 9.17) is 8.37 Å². The molecule has 54 heavy (non-hydrogen) atoms. The molecule has 0 saturated heterocycles. The lowest BCUT2D eigenvalue weighted by Gasteiger charge is -2.25. The summed E-state index contributed by atoms with van der Waals surface area (Å²) in [4.78, 5) is 18.5. The van der Waals surface area contributed by atoms with Gasteiger partial charge in [-0.3, -0.25) is 13.2 Å². The summed E-state index contributed by atoms with van der Waals surface area (Å²) in [5.41, 5.74) is 4.00. The van der Waals surface area contributed by atoms with Crippen LogP contribution >= 0.6 is 15.9 Å². The van der Waals surface area contributed by atoms with Crippen molar-refractivity contribution in [2.24, 2.45) is 0 Å². The van der Waals surface area contributed by atoms with Gasteiger partial charge in [0.2, 0.25) is 5.91 Å². The van der Waals surface area contributed by atoms with E-state index in [1.165, 1.54) is 31.2 Å². The number of hydrogen-bond acceptors (Lipinski definition) is 9. The maximum Gasteiger partial charge on any atom is 0.297 e. The van der Waals surface area contributed by atoms with Crippen molar-refractivity contribution in [1.29, 1.82) is 0 Å². The summed E-state index contributed by atoms with van der Waals surface area (Å²) in [6.07, 6.45) is 0. The van der Waals surface area contributed by atoms with Crippen molar-refractivity contribution in [2.75, 3.05) is 36.5 Å². The van der Waals surface area contributed by atoms with Gasteiger partial charge in [-0.1, -0.05) is 108 Å². The van der Waals surface area contributed by atoms with Crippen molar-refractivity contribution in [3.63, 3.8) is 0 Å². The Morgan fingerprint density at radius 1 is 0.648 bits per heavy atom. The molecular weight excluding hydrogens is 791 g/mol.